The maximum atomic E-state index is 13.7. The van der Waals surface area contributed by atoms with Gasteiger partial charge in [-0.25, -0.2) is 0 Å². The fraction of sp³-hybridized carbons (Fsp3) is 0.125. The minimum atomic E-state index is -2.94. The molecule has 3 nitrogen and oxygen atoms in total. The van der Waals surface area contributed by atoms with Crippen LogP contribution in [0, 0.1) is 0 Å². The molecule has 0 aromatic heterocycles. The highest BCUT2D eigenvalue weighted by Crippen LogP contribution is 2.57. The summed E-state index contributed by atoms with van der Waals surface area (Å²) in [6, 6.07) is 9.40. The first-order valence-electron chi connectivity index (χ1n) is 6.44. The summed E-state index contributed by atoms with van der Waals surface area (Å²) >= 11 is 0. The molecule has 0 aliphatic carbocycles. The Kier molecular flexibility index (Phi) is 3.62. The van der Waals surface area contributed by atoms with Gasteiger partial charge in [0.25, 0.3) is 0 Å². The Hall–Kier alpha value is -1.99. The monoisotopic (exact) mass is 286 g/mol. The van der Waals surface area contributed by atoms with E-state index in [1.807, 2.05) is 54.6 Å². The largest absolute Gasteiger partial charge is 0.486 e. The Balaban J connectivity index is 2.05. The van der Waals surface area contributed by atoms with Gasteiger partial charge in [-0.1, -0.05) is 42.5 Å². The molecule has 1 aromatic carbocycles. The number of allylic oxidation sites excluding steroid dienone is 4. The van der Waals surface area contributed by atoms with E-state index < -0.39 is 18.8 Å². The molecule has 0 N–H and O–H groups in total. The van der Waals surface area contributed by atoms with E-state index in [9.17, 15) is 4.57 Å². The Morgan fingerprint density at radius 2 is 1.35 bits per heavy atom. The van der Waals surface area contributed by atoms with Crippen LogP contribution in [0.5, 0.6) is 0 Å². The SMILES string of the molecule is O=P(c1ccccc1)(C1C=CC=CO1)C1C=CC=CO1. The molecule has 20 heavy (non-hydrogen) atoms. The van der Waals surface area contributed by atoms with Crippen LogP contribution in [0.3, 0.4) is 0 Å². The number of hydrogen-bond donors (Lipinski definition) is 0. The first-order chi connectivity index (χ1) is 9.82. The van der Waals surface area contributed by atoms with Crippen molar-refractivity contribution in [2.45, 2.75) is 11.7 Å². The molecule has 4 heteroatoms. The lowest BCUT2D eigenvalue weighted by Crippen LogP contribution is -2.27. The second-order valence-corrected chi connectivity index (χ2v) is 7.48. The lowest BCUT2D eigenvalue weighted by molar-refractivity contribution is 0.213. The van der Waals surface area contributed by atoms with Crippen LogP contribution in [0.15, 0.2) is 79.3 Å². The van der Waals surface area contributed by atoms with E-state index in [2.05, 4.69) is 0 Å². The quantitative estimate of drug-likeness (QED) is 0.797. The summed E-state index contributed by atoms with van der Waals surface area (Å²) in [5, 5.41) is 0.759. The Morgan fingerprint density at radius 3 is 1.80 bits per heavy atom. The van der Waals surface area contributed by atoms with E-state index in [0.29, 0.717) is 0 Å². The van der Waals surface area contributed by atoms with Gasteiger partial charge in [0, 0.05) is 5.30 Å². The smallest absolute Gasteiger partial charge is 0.200 e. The number of ether oxygens (including phenoxy) is 2. The normalized spacial score (nSPS) is 26.6. The molecule has 2 unspecified atom stereocenters. The van der Waals surface area contributed by atoms with E-state index in [-0.39, 0.29) is 0 Å². The van der Waals surface area contributed by atoms with Crippen LogP contribution >= 0.6 is 7.14 Å². The molecule has 102 valence electrons. The zero-order valence-electron chi connectivity index (χ0n) is 10.8. The molecule has 0 spiro atoms. The van der Waals surface area contributed by atoms with Gasteiger partial charge in [0.2, 0.25) is 0 Å². The van der Waals surface area contributed by atoms with E-state index in [1.165, 1.54) is 0 Å². The minimum Gasteiger partial charge on any atom is -0.486 e. The Morgan fingerprint density at radius 1 is 0.800 bits per heavy atom. The van der Waals surface area contributed by atoms with Crippen molar-refractivity contribution in [3.05, 3.63) is 79.3 Å². The highest BCUT2D eigenvalue weighted by Gasteiger charge is 2.43. The molecular formula is C16H15O3P. The van der Waals surface area contributed by atoms with Crippen LogP contribution in [0.2, 0.25) is 0 Å². The summed E-state index contributed by atoms with van der Waals surface area (Å²) in [5.74, 6) is -1.01. The van der Waals surface area contributed by atoms with Crippen molar-refractivity contribution < 1.29 is 14.0 Å². The van der Waals surface area contributed by atoms with Crippen LogP contribution in [-0.4, -0.2) is 11.7 Å². The van der Waals surface area contributed by atoms with Crippen molar-refractivity contribution in [1.82, 2.24) is 0 Å². The summed E-state index contributed by atoms with van der Waals surface area (Å²) < 4.78 is 24.9. The van der Waals surface area contributed by atoms with Gasteiger partial charge in [0.05, 0.1) is 12.5 Å². The minimum absolute atomic E-state index is 0.504. The fourth-order valence-electron chi connectivity index (χ4n) is 2.29. The predicted octanol–water partition coefficient (Wildman–Crippen LogP) is 3.53. The van der Waals surface area contributed by atoms with Crippen LogP contribution in [0.4, 0.5) is 0 Å². The van der Waals surface area contributed by atoms with E-state index in [4.69, 9.17) is 9.47 Å². The number of rotatable bonds is 3. The lowest BCUT2D eigenvalue weighted by Gasteiger charge is -2.31. The van der Waals surface area contributed by atoms with E-state index >= 15 is 0 Å². The molecule has 2 atom stereocenters. The molecule has 0 radical (unpaired) electrons. The van der Waals surface area contributed by atoms with E-state index in [1.54, 1.807) is 24.7 Å². The molecule has 0 bridgehead atoms. The summed E-state index contributed by atoms with van der Waals surface area (Å²) in [5.41, 5.74) is 0. The molecule has 2 aliphatic heterocycles. The summed E-state index contributed by atoms with van der Waals surface area (Å²) in [7, 11) is -2.94. The summed E-state index contributed by atoms with van der Waals surface area (Å²) in [6.45, 7) is 0. The van der Waals surface area contributed by atoms with Gasteiger partial charge in [-0.05, 0) is 24.3 Å². The second kappa shape index (κ2) is 5.56. The van der Waals surface area contributed by atoms with Crippen molar-refractivity contribution in [1.29, 1.82) is 0 Å². The zero-order valence-corrected chi connectivity index (χ0v) is 11.7. The maximum absolute atomic E-state index is 13.7. The summed E-state index contributed by atoms with van der Waals surface area (Å²) in [4.78, 5) is 0. The topological polar surface area (TPSA) is 35.5 Å². The third-order valence-electron chi connectivity index (χ3n) is 3.28. The van der Waals surface area contributed by atoms with Crippen molar-refractivity contribution in [2.75, 3.05) is 0 Å². The molecule has 2 aliphatic rings. The summed E-state index contributed by atoms with van der Waals surface area (Å²) in [6.07, 6.45) is 14.1. The standard InChI is InChI=1S/C16H15O3P/c17-20(14-8-2-1-3-9-14,15-10-4-6-12-18-15)16-11-5-7-13-19-16/h1-13,15-16H. The molecule has 1 aromatic rings. The first kappa shape index (κ1) is 13.0. The van der Waals surface area contributed by atoms with Crippen LogP contribution in [-0.2, 0) is 14.0 Å². The number of benzene rings is 1. The third kappa shape index (κ3) is 2.25. The fourth-order valence-corrected chi connectivity index (χ4v) is 5.02. The zero-order chi connectivity index (χ0) is 13.8. The highest BCUT2D eigenvalue weighted by molar-refractivity contribution is 7.73. The Bertz CT molecular complexity index is 594. The van der Waals surface area contributed by atoms with Gasteiger partial charge in [-0.2, -0.15) is 0 Å². The van der Waals surface area contributed by atoms with Gasteiger partial charge in [0.1, 0.15) is 0 Å². The molecule has 0 amide bonds. The average molecular weight is 286 g/mol. The van der Waals surface area contributed by atoms with Crippen molar-refractivity contribution in [2.24, 2.45) is 0 Å². The van der Waals surface area contributed by atoms with Crippen LogP contribution in [0.25, 0.3) is 0 Å². The first-order valence-corrected chi connectivity index (χ1v) is 8.29. The van der Waals surface area contributed by atoms with Gasteiger partial charge >= 0.3 is 0 Å². The van der Waals surface area contributed by atoms with Crippen molar-refractivity contribution in [3.8, 4) is 0 Å². The number of hydrogen-bond acceptors (Lipinski definition) is 3. The van der Waals surface area contributed by atoms with Crippen molar-refractivity contribution >= 4 is 12.4 Å². The maximum Gasteiger partial charge on any atom is 0.200 e. The van der Waals surface area contributed by atoms with Crippen LogP contribution < -0.4 is 5.30 Å². The molecule has 0 fully saturated rings. The van der Waals surface area contributed by atoms with Gasteiger partial charge < -0.3 is 14.0 Å². The van der Waals surface area contributed by atoms with Crippen LogP contribution in [0.1, 0.15) is 0 Å². The van der Waals surface area contributed by atoms with Crippen molar-refractivity contribution in [3.63, 3.8) is 0 Å². The lowest BCUT2D eigenvalue weighted by atomic mass is 10.4. The molecule has 0 saturated heterocycles. The average Bonchev–Trinajstić information content (AvgIpc) is 2.56. The van der Waals surface area contributed by atoms with Gasteiger partial charge in [-0.15, -0.1) is 0 Å². The molecule has 0 saturated carbocycles. The molecule has 3 rings (SSSR count). The van der Waals surface area contributed by atoms with E-state index in [0.717, 1.165) is 5.30 Å². The second-order valence-electron chi connectivity index (χ2n) is 4.53. The molecule has 2 heterocycles. The van der Waals surface area contributed by atoms with Gasteiger partial charge in [-0.3, -0.25) is 0 Å². The third-order valence-corrected chi connectivity index (χ3v) is 6.49. The highest BCUT2D eigenvalue weighted by atomic mass is 31.2. The molecular weight excluding hydrogens is 271 g/mol. The van der Waals surface area contributed by atoms with Gasteiger partial charge in [0.15, 0.2) is 18.8 Å². The predicted molar refractivity (Wildman–Crippen MR) is 80.0 cm³/mol. The Labute approximate surface area is 118 Å².